The molecular weight excluding hydrogens is 240 g/mol. The summed E-state index contributed by atoms with van der Waals surface area (Å²) in [6, 6.07) is 9.13. The Morgan fingerprint density at radius 1 is 1.05 bits per heavy atom. The van der Waals surface area contributed by atoms with Gasteiger partial charge < -0.3 is 0 Å². The quantitative estimate of drug-likeness (QED) is 0.512. The van der Waals surface area contributed by atoms with Gasteiger partial charge in [0.25, 0.3) is 0 Å². The molecule has 0 spiro atoms. The van der Waals surface area contributed by atoms with E-state index in [2.05, 4.69) is 44.7 Å². The molecular formula is C20H30. The number of allylic oxidation sites excluding steroid dienone is 1. The van der Waals surface area contributed by atoms with E-state index in [1.165, 1.54) is 56.9 Å². The van der Waals surface area contributed by atoms with Crippen LogP contribution in [0.5, 0.6) is 0 Å². The fraction of sp³-hybridized carbons (Fsp3) is 0.600. The van der Waals surface area contributed by atoms with Crippen molar-refractivity contribution in [2.45, 2.75) is 71.1 Å². The molecule has 0 saturated heterocycles. The van der Waals surface area contributed by atoms with Crippen molar-refractivity contribution in [3.05, 3.63) is 42.0 Å². The molecule has 1 aliphatic carbocycles. The van der Waals surface area contributed by atoms with Crippen LogP contribution in [0.25, 0.3) is 5.57 Å². The molecule has 110 valence electrons. The summed E-state index contributed by atoms with van der Waals surface area (Å²) in [7, 11) is 0. The molecule has 1 saturated carbocycles. The Morgan fingerprint density at radius 3 is 2.25 bits per heavy atom. The molecule has 0 amide bonds. The summed E-state index contributed by atoms with van der Waals surface area (Å²) < 4.78 is 0. The molecule has 0 bridgehead atoms. The number of unbranched alkanes of at least 4 members (excludes halogenated alkanes) is 2. The lowest BCUT2D eigenvalue weighted by Gasteiger charge is -2.29. The molecule has 0 N–H and O–H groups in total. The molecule has 2 rings (SSSR count). The highest BCUT2D eigenvalue weighted by atomic mass is 14.3. The van der Waals surface area contributed by atoms with E-state index >= 15 is 0 Å². The molecule has 0 aromatic heterocycles. The number of hydrogen-bond acceptors (Lipinski definition) is 0. The maximum absolute atomic E-state index is 4.01. The van der Waals surface area contributed by atoms with Crippen molar-refractivity contribution in [1.82, 2.24) is 0 Å². The number of rotatable bonds is 6. The van der Waals surface area contributed by atoms with E-state index in [0.29, 0.717) is 0 Å². The van der Waals surface area contributed by atoms with Gasteiger partial charge in [0.2, 0.25) is 0 Å². The standard InChI is InChI=1S/C20H30/c1-4-5-6-7-17-8-10-19(11-9-17)20-14-12-18(13-15-20)16(2)3/h12-15,17,19H,2,4-11H2,1,3H3. The maximum Gasteiger partial charge on any atom is -0.0162 e. The minimum Gasteiger partial charge on any atom is -0.0955 e. The molecule has 0 heteroatoms. The smallest absolute Gasteiger partial charge is 0.0162 e. The van der Waals surface area contributed by atoms with E-state index in [1.807, 2.05) is 0 Å². The monoisotopic (exact) mass is 270 g/mol. The summed E-state index contributed by atoms with van der Waals surface area (Å²) in [5.41, 5.74) is 3.99. The third kappa shape index (κ3) is 4.23. The summed E-state index contributed by atoms with van der Waals surface area (Å²) in [4.78, 5) is 0. The van der Waals surface area contributed by atoms with Gasteiger partial charge in [-0.25, -0.2) is 0 Å². The van der Waals surface area contributed by atoms with Crippen molar-refractivity contribution in [3.63, 3.8) is 0 Å². The second kappa shape index (κ2) is 7.67. The van der Waals surface area contributed by atoms with Crippen molar-refractivity contribution in [2.24, 2.45) is 5.92 Å². The summed E-state index contributed by atoms with van der Waals surface area (Å²) in [5.74, 6) is 1.81. The Balaban J connectivity index is 1.82. The first-order valence-corrected chi connectivity index (χ1v) is 8.46. The van der Waals surface area contributed by atoms with E-state index in [1.54, 1.807) is 5.56 Å². The zero-order chi connectivity index (χ0) is 14.4. The predicted octanol–water partition coefficient (Wildman–Crippen LogP) is 6.57. The minimum atomic E-state index is 0.802. The van der Waals surface area contributed by atoms with Gasteiger partial charge in [0.1, 0.15) is 0 Å². The Bertz CT molecular complexity index is 404. The van der Waals surface area contributed by atoms with Crippen LogP contribution in [0, 0.1) is 5.92 Å². The van der Waals surface area contributed by atoms with Gasteiger partial charge in [0.15, 0.2) is 0 Å². The molecule has 0 unspecified atom stereocenters. The van der Waals surface area contributed by atoms with Gasteiger partial charge in [-0.3, -0.25) is 0 Å². The lowest BCUT2D eigenvalue weighted by atomic mass is 9.77. The summed E-state index contributed by atoms with van der Waals surface area (Å²) in [6.07, 6.45) is 11.3. The Morgan fingerprint density at radius 2 is 1.70 bits per heavy atom. The zero-order valence-corrected chi connectivity index (χ0v) is 13.3. The van der Waals surface area contributed by atoms with Crippen LogP contribution < -0.4 is 0 Å². The third-order valence-corrected chi connectivity index (χ3v) is 4.94. The molecule has 1 aromatic carbocycles. The summed E-state index contributed by atoms with van der Waals surface area (Å²) in [5, 5.41) is 0. The molecule has 0 nitrogen and oxygen atoms in total. The average Bonchev–Trinajstić information content (AvgIpc) is 2.48. The van der Waals surface area contributed by atoms with E-state index in [9.17, 15) is 0 Å². The lowest BCUT2D eigenvalue weighted by molar-refractivity contribution is 0.303. The fourth-order valence-electron chi connectivity index (χ4n) is 3.51. The van der Waals surface area contributed by atoms with E-state index in [-0.39, 0.29) is 0 Å². The largest absolute Gasteiger partial charge is 0.0955 e. The zero-order valence-electron chi connectivity index (χ0n) is 13.3. The van der Waals surface area contributed by atoms with Gasteiger partial charge in [-0.05, 0) is 55.6 Å². The highest BCUT2D eigenvalue weighted by Crippen LogP contribution is 2.37. The average molecular weight is 270 g/mol. The molecule has 1 aliphatic rings. The Kier molecular flexibility index (Phi) is 5.88. The van der Waals surface area contributed by atoms with E-state index < -0.39 is 0 Å². The van der Waals surface area contributed by atoms with Crippen LogP contribution >= 0.6 is 0 Å². The molecule has 0 atom stereocenters. The first-order chi connectivity index (χ1) is 9.70. The molecule has 0 heterocycles. The van der Waals surface area contributed by atoms with Gasteiger partial charge in [0, 0.05) is 0 Å². The van der Waals surface area contributed by atoms with Crippen LogP contribution in [-0.2, 0) is 0 Å². The molecule has 20 heavy (non-hydrogen) atoms. The number of hydrogen-bond donors (Lipinski definition) is 0. The molecule has 0 aliphatic heterocycles. The Labute approximate surface area is 125 Å². The van der Waals surface area contributed by atoms with E-state index in [0.717, 1.165) is 17.4 Å². The Hall–Kier alpha value is -1.04. The molecule has 0 radical (unpaired) electrons. The first-order valence-electron chi connectivity index (χ1n) is 8.46. The van der Waals surface area contributed by atoms with Crippen molar-refractivity contribution < 1.29 is 0 Å². The van der Waals surface area contributed by atoms with Crippen molar-refractivity contribution in [2.75, 3.05) is 0 Å². The van der Waals surface area contributed by atoms with Crippen LogP contribution in [-0.4, -0.2) is 0 Å². The lowest BCUT2D eigenvalue weighted by Crippen LogP contribution is -2.13. The van der Waals surface area contributed by atoms with Gasteiger partial charge in [-0.2, -0.15) is 0 Å². The normalized spacial score (nSPS) is 22.7. The predicted molar refractivity (Wildman–Crippen MR) is 90.0 cm³/mol. The summed E-state index contributed by atoms with van der Waals surface area (Å²) >= 11 is 0. The van der Waals surface area contributed by atoms with Gasteiger partial charge >= 0.3 is 0 Å². The second-order valence-electron chi connectivity index (χ2n) is 6.62. The number of benzene rings is 1. The fourth-order valence-corrected chi connectivity index (χ4v) is 3.51. The second-order valence-corrected chi connectivity index (χ2v) is 6.62. The highest BCUT2D eigenvalue weighted by molar-refractivity contribution is 5.61. The van der Waals surface area contributed by atoms with Crippen molar-refractivity contribution in [1.29, 1.82) is 0 Å². The first kappa shape index (κ1) is 15.4. The van der Waals surface area contributed by atoms with Crippen LogP contribution in [0.15, 0.2) is 30.8 Å². The summed E-state index contributed by atoms with van der Waals surface area (Å²) in [6.45, 7) is 8.39. The van der Waals surface area contributed by atoms with Crippen LogP contribution in [0.4, 0.5) is 0 Å². The SMILES string of the molecule is C=C(C)c1ccc(C2CCC(CCCCC)CC2)cc1. The van der Waals surface area contributed by atoms with Gasteiger partial charge in [0.05, 0.1) is 0 Å². The topological polar surface area (TPSA) is 0 Å². The van der Waals surface area contributed by atoms with Gasteiger partial charge in [-0.1, -0.05) is 69.0 Å². The van der Waals surface area contributed by atoms with Gasteiger partial charge in [-0.15, -0.1) is 0 Å². The van der Waals surface area contributed by atoms with Crippen LogP contribution in [0.1, 0.15) is 82.3 Å². The van der Waals surface area contributed by atoms with Crippen molar-refractivity contribution in [3.8, 4) is 0 Å². The third-order valence-electron chi connectivity index (χ3n) is 4.94. The van der Waals surface area contributed by atoms with E-state index in [4.69, 9.17) is 0 Å². The van der Waals surface area contributed by atoms with Crippen LogP contribution in [0.2, 0.25) is 0 Å². The minimum absolute atomic E-state index is 0.802. The maximum atomic E-state index is 4.01. The van der Waals surface area contributed by atoms with Crippen LogP contribution in [0.3, 0.4) is 0 Å². The molecule has 1 aromatic rings. The molecule has 1 fully saturated rings. The van der Waals surface area contributed by atoms with Crippen molar-refractivity contribution >= 4 is 5.57 Å². The highest BCUT2D eigenvalue weighted by Gasteiger charge is 2.21.